The molecule has 1 amide bonds. The van der Waals surface area contributed by atoms with Crippen molar-refractivity contribution in [1.82, 2.24) is 10.2 Å². The number of carbonyl (C=O) groups is 1. The number of nitrogens with zero attached hydrogens (tertiary/aromatic N) is 1. The molecule has 0 radical (unpaired) electrons. The number of amides is 1. The maximum atomic E-state index is 11.9. The molecule has 2 aliphatic rings. The second kappa shape index (κ2) is 6.20. The van der Waals surface area contributed by atoms with Crippen molar-refractivity contribution in [2.75, 3.05) is 32.8 Å². The van der Waals surface area contributed by atoms with Gasteiger partial charge in [0.1, 0.15) is 0 Å². The van der Waals surface area contributed by atoms with E-state index in [-0.39, 0.29) is 17.7 Å². The summed E-state index contributed by atoms with van der Waals surface area (Å²) in [6.45, 7) is 9.76. The second-order valence-electron chi connectivity index (χ2n) is 6.55. The van der Waals surface area contributed by atoms with Crippen LogP contribution in [0.5, 0.6) is 0 Å². The van der Waals surface area contributed by atoms with Gasteiger partial charge >= 0.3 is 0 Å². The van der Waals surface area contributed by atoms with Crippen LogP contribution in [0.2, 0.25) is 0 Å². The molecule has 5 nitrogen and oxygen atoms in total. The van der Waals surface area contributed by atoms with E-state index >= 15 is 0 Å². The van der Waals surface area contributed by atoms with E-state index in [4.69, 9.17) is 9.47 Å². The highest BCUT2D eigenvalue weighted by atomic mass is 16.7. The van der Waals surface area contributed by atoms with Crippen molar-refractivity contribution in [2.24, 2.45) is 5.92 Å². The van der Waals surface area contributed by atoms with Crippen LogP contribution in [0.3, 0.4) is 0 Å². The Labute approximate surface area is 115 Å². The maximum Gasteiger partial charge on any atom is 0.234 e. The van der Waals surface area contributed by atoms with Crippen LogP contribution in [0.1, 0.15) is 33.6 Å². The lowest BCUT2D eigenvalue weighted by molar-refractivity contribution is -0.126. The van der Waals surface area contributed by atoms with Crippen molar-refractivity contribution in [3.8, 4) is 0 Å². The minimum atomic E-state index is -0.163. The Bertz CT molecular complexity index is 308. The number of hydrogen-bond acceptors (Lipinski definition) is 4. The Morgan fingerprint density at radius 2 is 2.00 bits per heavy atom. The van der Waals surface area contributed by atoms with Gasteiger partial charge in [0.2, 0.25) is 5.91 Å². The lowest BCUT2D eigenvalue weighted by atomic mass is 9.97. The topological polar surface area (TPSA) is 50.8 Å². The molecule has 2 rings (SSSR count). The van der Waals surface area contributed by atoms with Gasteiger partial charge in [0, 0.05) is 18.0 Å². The van der Waals surface area contributed by atoms with Crippen molar-refractivity contribution >= 4 is 5.91 Å². The van der Waals surface area contributed by atoms with Crippen LogP contribution in [-0.4, -0.2) is 55.5 Å². The molecule has 0 bridgehead atoms. The molecule has 5 heteroatoms. The average Bonchev–Trinajstić information content (AvgIpc) is 2.79. The molecule has 110 valence electrons. The van der Waals surface area contributed by atoms with Crippen molar-refractivity contribution in [3.05, 3.63) is 0 Å². The summed E-state index contributed by atoms with van der Waals surface area (Å²) in [6, 6.07) is 0. The number of nitrogens with one attached hydrogen (secondary N) is 1. The molecule has 0 saturated carbocycles. The van der Waals surface area contributed by atoms with Crippen LogP contribution < -0.4 is 5.32 Å². The van der Waals surface area contributed by atoms with Crippen molar-refractivity contribution in [3.63, 3.8) is 0 Å². The largest absolute Gasteiger partial charge is 0.350 e. The minimum absolute atomic E-state index is 0.0616. The normalized spacial score (nSPS) is 26.6. The highest BCUT2D eigenvalue weighted by Gasteiger charge is 2.31. The van der Waals surface area contributed by atoms with E-state index in [0.717, 1.165) is 25.9 Å². The third kappa shape index (κ3) is 4.75. The first-order valence-electron chi connectivity index (χ1n) is 7.20. The van der Waals surface area contributed by atoms with Crippen LogP contribution in [0.4, 0.5) is 0 Å². The second-order valence-corrected chi connectivity index (χ2v) is 6.55. The molecule has 1 atom stereocenters. The summed E-state index contributed by atoms with van der Waals surface area (Å²) in [5.41, 5.74) is -0.163. The van der Waals surface area contributed by atoms with Gasteiger partial charge in [-0.05, 0) is 40.2 Å². The molecule has 0 aromatic heterocycles. The van der Waals surface area contributed by atoms with Gasteiger partial charge in [0.25, 0.3) is 0 Å². The monoisotopic (exact) mass is 270 g/mol. The van der Waals surface area contributed by atoms with Gasteiger partial charge < -0.3 is 14.8 Å². The van der Waals surface area contributed by atoms with Crippen molar-refractivity contribution < 1.29 is 14.3 Å². The van der Waals surface area contributed by atoms with Crippen LogP contribution in [0.15, 0.2) is 0 Å². The van der Waals surface area contributed by atoms with E-state index in [2.05, 4.69) is 10.2 Å². The fraction of sp³-hybridized carbons (Fsp3) is 0.929. The van der Waals surface area contributed by atoms with Gasteiger partial charge in [-0.25, -0.2) is 0 Å². The number of piperidine rings is 1. The molecule has 19 heavy (non-hydrogen) atoms. The molecule has 2 heterocycles. The molecule has 2 saturated heterocycles. The molecule has 1 N–H and O–H groups in total. The zero-order chi connectivity index (χ0) is 13.9. The van der Waals surface area contributed by atoms with Gasteiger partial charge in [-0.2, -0.15) is 0 Å². The van der Waals surface area contributed by atoms with Gasteiger partial charge in [-0.15, -0.1) is 0 Å². The summed E-state index contributed by atoms with van der Waals surface area (Å²) < 4.78 is 11.2. The highest BCUT2D eigenvalue weighted by Crippen LogP contribution is 2.24. The van der Waals surface area contributed by atoms with Crippen LogP contribution in [0, 0.1) is 5.92 Å². The summed E-state index contributed by atoms with van der Waals surface area (Å²) >= 11 is 0. The molecule has 2 aliphatic heterocycles. The predicted octanol–water partition coefficient (Wildman–Crippen LogP) is 0.986. The minimum Gasteiger partial charge on any atom is -0.350 e. The Balaban J connectivity index is 1.79. The predicted molar refractivity (Wildman–Crippen MR) is 72.8 cm³/mol. The Kier molecular flexibility index (Phi) is 4.81. The van der Waals surface area contributed by atoms with Crippen molar-refractivity contribution in [2.45, 2.75) is 45.4 Å². The van der Waals surface area contributed by atoms with Gasteiger partial charge in [-0.3, -0.25) is 9.69 Å². The Morgan fingerprint density at radius 1 is 1.32 bits per heavy atom. The molecule has 2 fully saturated rings. The van der Waals surface area contributed by atoms with E-state index in [1.54, 1.807) is 0 Å². The highest BCUT2D eigenvalue weighted by molar-refractivity contribution is 5.78. The number of carbonyl (C=O) groups excluding carboxylic acids is 1. The van der Waals surface area contributed by atoms with E-state index < -0.39 is 0 Å². The summed E-state index contributed by atoms with van der Waals surface area (Å²) in [7, 11) is 0. The fourth-order valence-electron chi connectivity index (χ4n) is 2.77. The Hall–Kier alpha value is -0.650. The standard InChI is InChI=1S/C14H26N2O3/c1-14(2,3)15-12(17)10-16-6-4-5-11(9-16)13-18-7-8-19-13/h11,13H,4-10H2,1-3H3,(H,15,17). The lowest BCUT2D eigenvalue weighted by Gasteiger charge is -2.34. The molecular formula is C14H26N2O3. The summed E-state index contributed by atoms with van der Waals surface area (Å²) in [5, 5.41) is 3.01. The first-order valence-corrected chi connectivity index (χ1v) is 7.20. The van der Waals surface area contributed by atoms with E-state index in [1.165, 1.54) is 0 Å². The van der Waals surface area contributed by atoms with Gasteiger partial charge in [0.05, 0.1) is 19.8 Å². The maximum absolute atomic E-state index is 11.9. The zero-order valence-electron chi connectivity index (χ0n) is 12.3. The number of rotatable bonds is 3. The first kappa shape index (κ1) is 14.8. The third-order valence-corrected chi connectivity index (χ3v) is 3.46. The number of likely N-dealkylation sites (tertiary alicyclic amines) is 1. The summed E-state index contributed by atoms with van der Waals surface area (Å²) in [6.07, 6.45) is 2.17. The van der Waals surface area contributed by atoms with E-state index in [0.29, 0.717) is 25.7 Å². The molecule has 0 spiro atoms. The Morgan fingerprint density at radius 3 is 2.63 bits per heavy atom. The first-order chi connectivity index (χ1) is 8.94. The summed E-state index contributed by atoms with van der Waals surface area (Å²) in [4.78, 5) is 14.1. The van der Waals surface area contributed by atoms with Crippen molar-refractivity contribution in [1.29, 1.82) is 0 Å². The number of ether oxygens (including phenoxy) is 2. The molecular weight excluding hydrogens is 244 g/mol. The molecule has 0 aliphatic carbocycles. The molecule has 0 aromatic rings. The van der Waals surface area contributed by atoms with E-state index in [1.807, 2.05) is 20.8 Å². The summed E-state index contributed by atoms with van der Waals surface area (Å²) in [5.74, 6) is 0.500. The lowest BCUT2D eigenvalue weighted by Crippen LogP contribution is -2.49. The van der Waals surface area contributed by atoms with Crippen LogP contribution in [0.25, 0.3) is 0 Å². The molecule has 0 aromatic carbocycles. The van der Waals surface area contributed by atoms with Gasteiger partial charge in [-0.1, -0.05) is 0 Å². The van der Waals surface area contributed by atoms with Crippen LogP contribution >= 0.6 is 0 Å². The van der Waals surface area contributed by atoms with Gasteiger partial charge in [0.15, 0.2) is 6.29 Å². The van der Waals surface area contributed by atoms with Crippen LogP contribution in [-0.2, 0) is 14.3 Å². The fourth-order valence-corrected chi connectivity index (χ4v) is 2.77. The smallest absolute Gasteiger partial charge is 0.234 e. The third-order valence-electron chi connectivity index (χ3n) is 3.46. The SMILES string of the molecule is CC(C)(C)NC(=O)CN1CCCC(C2OCCO2)C1. The molecule has 1 unspecified atom stereocenters. The average molecular weight is 270 g/mol. The number of hydrogen-bond donors (Lipinski definition) is 1. The van der Waals surface area contributed by atoms with E-state index in [9.17, 15) is 4.79 Å². The quantitative estimate of drug-likeness (QED) is 0.831. The zero-order valence-corrected chi connectivity index (χ0v) is 12.3.